The van der Waals surface area contributed by atoms with Gasteiger partial charge in [-0.1, -0.05) is 48.5 Å². The Morgan fingerprint density at radius 2 is 1.60 bits per heavy atom. The first kappa shape index (κ1) is 23.2. The van der Waals surface area contributed by atoms with E-state index in [-0.39, 0.29) is 42.8 Å². The normalized spacial score (nSPS) is 27.1. The maximum absolute atomic E-state index is 14.1. The summed E-state index contributed by atoms with van der Waals surface area (Å²) in [5, 5.41) is 3.36. The largest absolute Gasteiger partial charge is 0.342 e. The van der Waals surface area contributed by atoms with E-state index in [2.05, 4.69) is 5.32 Å². The lowest BCUT2D eigenvalue weighted by Crippen LogP contribution is -2.55. The molecule has 1 N–H and O–H groups in total. The smallest absolute Gasteiger partial charge is 0.253 e. The minimum absolute atomic E-state index is 0.109. The third-order valence-electron chi connectivity index (χ3n) is 7.70. The summed E-state index contributed by atoms with van der Waals surface area (Å²) in [6, 6.07) is 16.3. The molecule has 0 unspecified atom stereocenters. The molecule has 2 fully saturated rings. The molecule has 35 heavy (non-hydrogen) atoms. The van der Waals surface area contributed by atoms with Crippen molar-refractivity contribution in [3.63, 3.8) is 0 Å². The molecule has 0 radical (unpaired) electrons. The zero-order chi connectivity index (χ0) is 24.9. The number of rotatable bonds is 6. The van der Waals surface area contributed by atoms with Crippen molar-refractivity contribution in [2.75, 3.05) is 24.5 Å². The minimum Gasteiger partial charge on any atom is -0.342 e. The van der Waals surface area contributed by atoms with E-state index in [1.807, 2.05) is 69.3 Å². The summed E-state index contributed by atoms with van der Waals surface area (Å²) in [6.07, 6.45) is 0. The molecule has 2 aromatic carbocycles. The fraction of sp³-hybridized carbons (Fsp3) is 0.407. The van der Waals surface area contributed by atoms with Crippen LogP contribution in [0.15, 0.2) is 54.6 Å². The molecule has 8 heteroatoms. The summed E-state index contributed by atoms with van der Waals surface area (Å²) in [5.74, 6) is -2.62. The van der Waals surface area contributed by atoms with Crippen molar-refractivity contribution >= 4 is 29.3 Å². The lowest BCUT2D eigenvalue weighted by Gasteiger charge is -2.30. The monoisotopic (exact) mass is 474 g/mol. The van der Waals surface area contributed by atoms with E-state index in [9.17, 15) is 19.2 Å². The number of nitrogens with zero attached hydrogens (tertiary/aromatic N) is 3. The second-order valence-electron chi connectivity index (χ2n) is 9.47. The van der Waals surface area contributed by atoms with Crippen molar-refractivity contribution in [2.45, 2.75) is 38.9 Å². The van der Waals surface area contributed by atoms with E-state index in [1.165, 1.54) is 9.80 Å². The molecule has 1 spiro atoms. The van der Waals surface area contributed by atoms with Gasteiger partial charge in [0.05, 0.1) is 18.4 Å². The van der Waals surface area contributed by atoms with Gasteiger partial charge in [-0.25, -0.2) is 0 Å². The molecule has 4 atom stereocenters. The van der Waals surface area contributed by atoms with Crippen molar-refractivity contribution in [1.29, 1.82) is 0 Å². The average molecular weight is 475 g/mol. The molecule has 2 aromatic rings. The van der Waals surface area contributed by atoms with Crippen LogP contribution in [0.5, 0.6) is 0 Å². The number of carbonyl (C=O) groups is 4. The molecular formula is C27H30N4O4. The number of hydrogen-bond donors (Lipinski definition) is 1. The van der Waals surface area contributed by atoms with Crippen LogP contribution >= 0.6 is 0 Å². The third-order valence-corrected chi connectivity index (χ3v) is 7.70. The number of anilines is 1. The first-order chi connectivity index (χ1) is 16.8. The number of nitrogens with one attached hydrogen (secondary N) is 1. The van der Waals surface area contributed by atoms with Gasteiger partial charge >= 0.3 is 0 Å². The van der Waals surface area contributed by atoms with E-state index >= 15 is 0 Å². The van der Waals surface area contributed by atoms with Crippen LogP contribution in [0.1, 0.15) is 31.9 Å². The first-order valence-corrected chi connectivity index (χ1v) is 12.2. The lowest BCUT2D eigenvalue weighted by molar-refractivity contribution is -0.143. The molecular weight excluding hydrogens is 444 g/mol. The predicted octanol–water partition coefficient (Wildman–Crippen LogP) is 1.89. The Kier molecular flexibility index (Phi) is 5.71. The van der Waals surface area contributed by atoms with Gasteiger partial charge in [0.25, 0.3) is 5.91 Å². The van der Waals surface area contributed by atoms with Gasteiger partial charge in [-0.3, -0.25) is 29.4 Å². The number of hydrogen-bond acceptors (Lipinski definition) is 5. The maximum atomic E-state index is 14.1. The molecule has 0 aliphatic carbocycles. The van der Waals surface area contributed by atoms with Crippen molar-refractivity contribution in [1.82, 2.24) is 15.1 Å². The highest BCUT2D eigenvalue weighted by molar-refractivity contribution is 6.17. The lowest BCUT2D eigenvalue weighted by atomic mass is 9.76. The van der Waals surface area contributed by atoms with E-state index in [0.717, 1.165) is 5.56 Å². The van der Waals surface area contributed by atoms with Gasteiger partial charge in [0.1, 0.15) is 12.1 Å². The molecule has 8 nitrogen and oxygen atoms in total. The molecule has 0 aromatic heterocycles. The molecule has 3 heterocycles. The van der Waals surface area contributed by atoms with Gasteiger partial charge in [0, 0.05) is 30.4 Å². The zero-order valence-electron chi connectivity index (χ0n) is 20.2. The quantitative estimate of drug-likeness (QED) is 0.646. The summed E-state index contributed by atoms with van der Waals surface area (Å²) in [5.41, 5.74) is 0.746. The van der Waals surface area contributed by atoms with Crippen LogP contribution in [-0.4, -0.2) is 59.1 Å². The van der Waals surface area contributed by atoms with E-state index in [4.69, 9.17) is 0 Å². The van der Waals surface area contributed by atoms with Crippen molar-refractivity contribution in [2.24, 2.45) is 11.8 Å². The van der Waals surface area contributed by atoms with Gasteiger partial charge in [-0.15, -0.1) is 0 Å². The summed E-state index contributed by atoms with van der Waals surface area (Å²) in [7, 11) is 0. The number of likely N-dealkylation sites (tertiary alicyclic amines) is 1. The molecule has 0 bridgehead atoms. The summed E-state index contributed by atoms with van der Waals surface area (Å²) in [6.45, 7) is 6.81. The average Bonchev–Trinajstić information content (AvgIpc) is 3.40. The highest BCUT2D eigenvalue weighted by atomic mass is 16.2. The molecule has 3 aliphatic rings. The number of para-hydroxylation sites is 1. The standard InChI is InChI=1S/C27H30N4O4/c1-4-29(5-2)21(32)16-30-20-14-10-9-13-19(20)27(26(30)35)23-22(17(3)28-27)24(33)31(25(23)34)15-18-11-7-6-8-12-18/h6-14,17,22-23,28H,4-5,15-16H2,1-3H3/t17-,22+,23-,27+/m1/s1. The third kappa shape index (κ3) is 3.31. The maximum Gasteiger partial charge on any atom is 0.253 e. The fourth-order valence-electron chi connectivity index (χ4n) is 6.06. The van der Waals surface area contributed by atoms with E-state index in [0.29, 0.717) is 24.3 Å². The Morgan fingerprint density at radius 3 is 2.29 bits per heavy atom. The van der Waals surface area contributed by atoms with Crippen molar-refractivity contribution in [3.05, 3.63) is 65.7 Å². The summed E-state index contributed by atoms with van der Waals surface area (Å²) >= 11 is 0. The van der Waals surface area contributed by atoms with Gasteiger partial charge in [0.15, 0.2) is 0 Å². The highest BCUT2D eigenvalue weighted by Crippen LogP contribution is 2.54. The first-order valence-electron chi connectivity index (χ1n) is 12.2. The Hall–Kier alpha value is -3.52. The Bertz CT molecular complexity index is 1190. The van der Waals surface area contributed by atoms with E-state index in [1.54, 1.807) is 11.0 Å². The number of amides is 4. The highest BCUT2D eigenvalue weighted by Gasteiger charge is 2.70. The van der Waals surface area contributed by atoms with Crippen LogP contribution in [0.4, 0.5) is 5.69 Å². The number of imide groups is 1. The SMILES string of the molecule is CCN(CC)C(=O)CN1C(=O)[C@]2(N[C@H](C)[C@@H]3C(=O)N(Cc4ccccc4)C(=O)[C@@H]32)c2ccccc21. The van der Waals surface area contributed by atoms with Crippen LogP contribution in [0.2, 0.25) is 0 Å². The van der Waals surface area contributed by atoms with Gasteiger partial charge < -0.3 is 9.80 Å². The Morgan fingerprint density at radius 1 is 0.943 bits per heavy atom. The topological polar surface area (TPSA) is 90.0 Å². The number of likely N-dealkylation sites (N-methyl/N-ethyl adjacent to an activating group) is 1. The summed E-state index contributed by atoms with van der Waals surface area (Å²) in [4.78, 5) is 58.9. The second-order valence-corrected chi connectivity index (χ2v) is 9.47. The van der Waals surface area contributed by atoms with Crippen LogP contribution in [-0.2, 0) is 31.3 Å². The number of carbonyl (C=O) groups excluding carboxylic acids is 4. The van der Waals surface area contributed by atoms with Crippen molar-refractivity contribution < 1.29 is 19.2 Å². The van der Waals surface area contributed by atoms with Crippen molar-refractivity contribution in [3.8, 4) is 0 Å². The fourth-order valence-corrected chi connectivity index (χ4v) is 6.06. The summed E-state index contributed by atoms with van der Waals surface area (Å²) < 4.78 is 0. The van der Waals surface area contributed by atoms with Crippen LogP contribution in [0.25, 0.3) is 0 Å². The molecule has 0 saturated carbocycles. The Balaban J connectivity index is 1.54. The second kappa shape index (κ2) is 8.61. The van der Waals surface area contributed by atoms with Crippen LogP contribution < -0.4 is 10.2 Å². The zero-order valence-corrected chi connectivity index (χ0v) is 20.2. The van der Waals surface area contributed by atoms with Gasteiger partial charge in [0.2, 0.25) is 17.7 Å². The molecule has 2 saturated heterocycles. The van der Waals surface area contributed by atoms with Crippen LogP contribution in [0.3, 0.4) is 0 Å². The molecule has 5 rings (SSSR count). The molecule has 3 aliphatic heterocycles. The van der Waals surface area contributed by atoms with Gasteiger partial charge in [-0.2, -0.15) is 0 Å². The Labute approximate surface area is 204 Å². The number of fused-ring (bicyclic) bond motifs is 4. The van der Waals surface area contributed by atoms with E-state index < -0.39 is 17.4 Å². The van der Waals surface area contributed by atoms with Gasteiger partial charge in [-0.05, 0) is 32.4 Å². The van der Waals surface area contributed by atoms with Crippen LogP contribution in [0, 0.1) is 11.8 Å². The molecule has 4 amide bonds. The predicted molar refractivity (Wildman–Crippen MR) is 130 cm³/mol. The minimum atomic E-state index is -1.37. The number of benzene rings is 2. The molecule has 182 valence electrons.